The number of nitrogens with zero attached hydrogens (tertiary/aromatic N) is 2. The first kappa shape index (κ1) is 21.5. The van der Waals surface area contributed by atoms with Crippen LogP contribution in [0.3, 0.4) is 0 Å². The number of benzene rings is 2. The van der Waals surface area contributed by atoms with E-state index in [1.807, 2.05) is 41.8 Å². The van der Waals surface area contributed by atoms with Crippen molar-refractivity contribution >= 4 is 16.8 Å². The van der Waals surface area contributed by atoms with E-state index in [-0.39, 0.29) is 24.3 Å². The highest BCUT2D eigenvalue weighted by Gasteiger charge is 2.31. The monoisotopic (exact) mass is 424 g/mol. The van der Waals surface area contributed by atoms with Crippen LogP contribution in [0.1, 0.15) is 42.6 Å². The maximum absolute atomic E-state index is 14.9. The molecule has 0 amide bonds. The van der Waals surface area contributed by atoms with Crippen LogP contribution >= 0.6 is 0 Å². The smallest absolute Gasteiger partial charge is 0.306 e. The van der Waals surface area contributed by atoms with E-state index in [0.717, 1.165) is 37.0 Å². The third-order valence-corrected chi connectivity index (χ3v) is 6.14. The molecule has 1 aliphatic rings. The molecule has 2 unspecified atom stereocenters. The lowest BCUT2D eigenvalue weighted by atomic mass is 10.0. The van der Waals surface area contributed by atoms with Gasteiger partial charge in [-0.25, -0.2) is 9.18 Å². The second-order valence-corrected chi connectivity index (χ2v) is 8.09. The van der Waals surface area contributed by atoms with Crippen LogP contribution in [-0.2, 0) is 0 Å². The Bertz CT molecular complexity index is 1070. The van der Waals surface area contributed by atoms with Gasteiger partial charge in [0.1, 0.15) is 0 Å². The fraction of sp³-hybridized carbons (Fsp3) is 0.417. The first-order valence-electron chi connectivity index (χ1n) is 11.0. The number of piperidine rings is 1. The Balaban J connectivity index is 1.42. The molecule has 0 bridgehead atoms. The Morgan fingerprint density at radius 2 is 1.81 bits per heavy atom. The van der Waals surface area contributed by atoms with E-state index in [1.165, 1.54) is 0 Å². The maximum Gasteiger partial charge on any atom is 0.326 e. The van der Waals surface area contributed by atoms with Crippen LogP contribution in [0.25, 0.3) is 11.0 Å². The summed E-state index contributed by atoms with van der Waals surface area (Å²) in [6, 6.07) is 16.5. The molecule has 0 radical (unpaired) electrons. The summed E-state index contributed by atoms with van der Waals surface area (Å²) in [7, 11) is 0. The minimum absolute atomic E-state index is 0.0832. The van der Waals surface area contributed by atoms with Gasteiger partial charge >= 0.3 is 5.69 Å². The van der Waals surface area contributed by atoms with Crippen LogP contribution in [0, 0.1) is 0 Å². The zero-order valence-corrected chi connectivity index (χ0v) is 17.8. The van der Waals surface area contributed by atoms with Gasteiger partial charge in [0.05, 0.1) is 17.2 Å². The molecule has 2 aromatic carbocycles. The van der Waals surface area contributed by atoms with E-state index < -0.39 is 12.0 Å². The van der Waals surface area contributed by atoms with Crippen LogP contribution in [0.15, 0.2) is 59.4 Å². The number of halogens is 1. The van der Waals surface area contributed by atoms with Gasteiger partial charge in [-0.2, -0.15) is 0 Å². The third-order valence-electron chi connectivity index (χ3n) is 6.14. The zero-order valence-electron chi connectivity index (χ0n) is 17.8. The number of H-pyrrole nitrogens is 1. The second kappa shape index (κ2) is 9.58. The molecule has 6 nitrogen and oxygen atoms in total. The number of aromatic nitrogens is 2. The molecular formula is C24H29FN4O2. The summed E-state index contributed by atoms with van der Waals surface area (Å²) in [5.74, 6) is -0.469. The molecule has 31 heavy (non-hydrogen) atoms. The number of Topliss-reactive ketones (excluding diaryl/α,β-unsaturated/α-hetero) is 1. The number of aromatic amines is 1. The van der Waals surface area contributed by atoms with Crippen molar-refractivity contribution in [1.82, 2.24) is 19.8 Å². The van der Waals surface area contributed by atoms with Crippen LogP contribution < -0.4 is 11.0 Å². The summed E-state index contributed by atoms with van der Waals surface area (Å²) < 4.78 is 16.7. The summed E-state index contributed by atoms with van der Waals surface area (Å²) >= 11 is 0. The first-order valence-corrected chi connectivity index (χ1v) is 11.0. The van der Waals surface area contributed by atoms with Crippen LogP contribution in [0.2, 0.25) is 0 Å². The number of fused-ring (bicyclic) bond motifs is 1. The standard InChI is InChI=1S/C24H29FN4O2/c1-2-26-22(16-19(25)23(30)17-8-4-3-5-9-17)28-14-12-18(13-15-28)29-21-11-7-6-10-20(21)27-24(29)31/h3-11,18-19,22,26H,2,12-16H2,1H3,(H,27,31). The van der Waals surface area contributed by atoms with E-state index in [9.17, 15) is 14.0 Å². The number of para-hydroxylation sites is 2. The number of imidazole rings is 1. The van der Waals surface area contributed by atoms with Crippen LogP contribution in [0.5, 0.6) is 0 Å². The van der Waals surface area contributed by atoms with E-state index in [4.69, 9.17) is 0 Å². The van der Waals surface area contributed by atoms with E-state index in [0.29, 0.717) is 12.1 Å². The van der Waals surface area contributed by atoms with E-state index in [2.05, 4.69) is 15.2 Å². The molecule has 0 aliphatic carbocycles. The Morgan fingerprint density at radius 1 is 1.13 bits per heavy atom. The largest absolute Gasteiger partial charge is 0.326 e. The third kappa shape index (κ3) is 4.62. The summed E-state index contributed by atoms with van der Waals surface area (Å²) in [6.45, 7) is 4.15. The highest BCUT2D eigenvalue weighted by atomic mass is 19.1. The number of nitrogens with one attached hydrogen (secondary N) is 2. The van der Waals surface area contributed by atoms with Crippen molar-refractivity contribution in [2.45, 2.75) is 44.6 Å². The predicted molar refractivity (Wildman–Crippen MR) is 120 cm³/mol. The Kier molecular flexibility index (Phi) is 6.63. The number of hydrogen-bond donors (Lipinski definition) is 2. The lowest BCUT2D eigenvalue weighted by Crippen LogP contribution is -2.51. The molecule has 1 fully saturated rings. The fourth-order valence-electron chi connectivity index (χ4n) is 4.58. The average Bonchev–Trinajstić information content (AvgIpc) is 3.14. The van der Waals surface area contributed by atoms with E-state index >= 15 is 0 Å². The predicted octanol–water partition coefficient (Wildman–Crippen LogP) is 3.51. The number of ketones is 1. The Hall–Kier alpha value is -2.77. The highest BCUT2D eigenvalue weighted by Crippen LogP contribution is 2.26. The van der Waals surface area contributed by atoms with Crippen molar-refractivity contribution in [3.05, 3.63) is 70.6 Å². The zero-order chi connectivity index (χ0) is 21.8. The lowest BCUT2D eigenvalue weighted by molar-refractivity contribution is 0.0700. The minimum atomic E-state index is -1.56. The molecule has 4 rings (SSSR count). The quantitative estimate of drug-likeness (QED) is 0.543. The van der Waals surface area contributed by atoms with Gasteiger partial charge in [0, 0.05) is 31.1 Å². The van der Waals surface area contributed by atoms with Crippen molar-refractivity contribution in [2.24, 2.45) is 0 Å². The van der Waals surface area contributed by atoms with Gasteiger partial charge in [-0.15, -0.1) is 0 Å². The Morgan fingerprint density at radius 3 is 2.52 bits per heavy atom. The Labute approximate surface area is 181 Å². The van der Waals surface area contributed by atoms with Crippen molar-refractivity contribution in [1.29, 1.82) is 0 Å². The fourth-order valence-corrected chi connectivity index (χ4v) is 4.58. The summed E-state index contributed by atoms with van der Waals surface area (Å²) in [5.41, 5.74) is 2.09. The molecule has 1 aromatic heterocycles. The molecule has 2 N–H and O–H groups in total. The SMILES string of the molecule is CCNC(CC(F)C(=O)c1ccccc1)N1CCC(n2c(=O)[nH]c3ccccc32)CC1. The summed E-state index contributed by atoms with van der Waals surface area (Å²) in [4.78, 5) is 30.1. The van der Waals surface area contributed by atoms with Gasteiger partial charge in [-0.05, 0) is 31.5 Å². The number of alkyl halides is 1. The molecule has 2 atom stereocenters. The van der Waals surface area contributed by atoms with Gasteiger partial charge in [0.2, 0.25) is 0 Å². The molecule has 0 saturated carbocycles. The molecule has 3 aromatic rings. The van der Waals surface area contributed by atoms with Crippen molar-refractivity contribution < 1.29 is 9.18 Å². The number of carbonyl (C=O) groups is 1. The van der Waals surface area contributed by atoms with Gasteiger partial charge in [-0.3, -0.25) is 14.3 Å². The van der Waals surface area contributed by atoms with Crippen LogP contribution in [0.4, 0.5) is 4.39 Å². The maximum atomic E-state index is 14.9. The van der Waals surface area contributed by atoms with Gasteiger partial charge in [0.25, 0.3) is 0 Å². The van der Waals surface area contributed by atoms with Crippen molar-refractivity contribution in [3.63, 3.8) is 0 Å². The molecule has 2 heterocycles. The number of rotatable bonds is 8. The van der Waals surface area contributed by atoms with Crippen LogP contribution in [-0.4, -0.2) is 52.2 Å². The number of carbonyl (C=O) groups excluding carboxylic acids is 1. The summed E-state index contributed by atoms with van der Waals surface area (Å²) in [5, 5.41) is 3.34. The second-order valence-electron chi connectivity index (χ2n) is 8.09. The number of hydrogen-bond acceptors (Lipinski definition) is 4. The van der Waals surface area contributed by atoms with E-state index in [1.54, 1.807) is 24.3 Å². The highest BCUT2D eigenvalue weighted by molar-refractivity contribution is 5.99. The average molecular weight is 425 g/mol. The summed E-state index contributed by atoms with van der Waals surface area (Å²) in [6.07, 6.45) is -0.0616. The van der Waals surface area contributed by atoms with Gasteiger partial charge < -0.3 is 10.3 Å². The lowest BCUT2D eigenvalue weighted by Gasteiger charge is -2.38. The normalized spacial score (nSPS) is 17.6. The molecular weight excluding hydrogens is 395 g/mol. The van der Waals surface area contributed by atoms with Crippen molar-refractivity contribution in [2.75, 3.05) is 19.6 Å². The topological polar surface area (TPSA) is 70.1 Å². The molecule has 7 heteroatoms. The first-order chi connectivity index (χ1) is 15.1. The molecule has 164 valence electrons. The molecule has 1 saturated heterocycles. The minimum Gasteiger partial charge on any atom is -0.306 e. The number of likely N-dealkylation sites (tertiary alicyclic amines) is 1. The molecule has 1 aliphatic heterocycles. The molecule has 0 spiro atoms. The van der Waals surface area contributed by atoms with Gasteiger partial charge in [0.15, 0.2) is 12.0 Å². The van der Waals surface area contributed by atoms with Crippen molar-refractivity contribution in [3.8, 4) is 0 Å². The van der Waals surface area contributed by atoms with Gasteiger partial charge in [-0.1, -0.05) is 49.4 Å².